The molecule has 148 valence electrons. The highest BCUT2D eigenvalue weighted by molar-refractivity contribution is 5.93. The monoisotopic (exact) mass is 391 g/mol. The predicted molar refractivity (Wildman–Crippen MR) is 108 cm³/mol. The van der Waals surface area contributed by atoms with Crippen molar-refractivity contribution in [3.8, 4) is 11.4 Å². The second-order valence-corrected chi connectivity index (χ2v) is 7.09. The smallest absolute Gasteiger partial charge is 0.273 e. The maximum atomic E-state index is 12.3. The van der Waals surface area contributed by atoms with Crippen LogP contribution in [0.25, 0.3) is 11.4 Å². The van der Waals surface area contributed by atoms with E-state index in [-0.39, 0.29) is 18.0 Å². The lowest BCUT2D eigenvalue weighted by molar-refractivity contribution is -0.385. The molecule has 0 saturated carbocycles. The van der Waals surface area contributed by atoms with Gasteiger partial charge in [-0.3, -0.25) is 14.9 Å². The Kier molecular flexibility index (Phi) is 5.33. The number of amides is 1. The summed E-state index contributed by atoms with van der Waals surface area (Å²) in [7, 11) is 0. The molecule has 29 heavy (non-hydrogen) atoms. The number of carbonyl (C=O) groups is 1. The van der Waals surface area contributed by atoms with Gasteiger partial charge in [0.25, 0.3) is 5.69 Å². The van der Waals surface area contributed by atoms with Gasteiger partial charge in [0.2, 0.25) is 5.91 Å². The summed E-state index contributed by atoms with van der Waals surface area (Å²) in [6.07, 6.45) is 4.36. The Morgan fingerprint density at radius 2 is 1.86 bits per heavy atom. The van der Waals surface area contributed by atoms with E-state index in [1.54, 1.807) is 18.2 Å². The number of aryl methyl sites for hydroxylation is 1. The first-order valence-electron chi connectivity index (χ1n) is 9.66. The van der Waals surface area contributed by atoms with Crippen molar-refractivity contribution >= 4 is 17.3 Å². The molecule has 0 saturated heterocycles. The number of nitrogens with zero attached hydrogens (tertiary/aromatic N) is 4. The number of nitro benzene ring substituents is 1. The lowest BCUT2D eigenvalue weighted by Crippen LogP contribution is -2.15. The summed E-state index contributed by atoms with van der Waals surface area (Å²) in [6.45, 7) is 0.923. The molecule has 0 fully saturated rings. The Balaban J connectivity index is 1.46. The summed E-state index contributed by atoms with van der Waals surface area (Å²) >= 11 is 0. The summed E-state index contributed by atoms with van der Waals surface area (Å²) in [6, 6.07) is 13.7. The first-order valence-corrected chi connectivity index (χ1v) is 9.66. The highest BCUT2D eigenvalue weighted by atomic mass is 16.6. The zero-order valence-corrected chi connectivity index (χ0v) is 15.9. The summed E-state index contributed by atoms with van der Waals surface area (Å²) in [5.41, 5.74) is 1.92. The molecule has 1 aliphatic heterocycles. The molecule has 0 radical (unpaired) electrons. The van der Waals surface area contributed by atoms with E-state index in [0.717, 1.165) is 43.0 Å². The molecule has 3 aromatic rings. The van der Waals surface area contributed by atoms with Crippen molar-refractivity contribution in [3.63, 3.8) is 0 Å². The second-order valence-electron chi connectivity index (χ2n) is 7.09. The van der Waals surface area contributed by atoms with Crippen LogP contribution in [-0.2, 0) is 24.2 Å². The Morgan fingerprint density at radius 1 is 1.07 bits per heavy atom. The number of nitrogens with one attached hydrogen (secondary N) is 1. The number of para-hydroxylation sites is 1. The van der Waals surface area contributed by atoms with Gasteiger partial charge in [-0.05, 0) is 37.1 Å². The molecular formula is C21H21N5O3. The molecule has 2 aromatic carbocycles. The van der Waals surface area contributed by atoms with Crippen molar-refractivity contribution in [3.05, 3.63) is 70.0 Å². The SMILES string of the molecule is O=C(Cc1ccccc1[N+](=O)[O-])Nc1ccc(-c2nnc3n2CCCCC3)cc1. The van der Waals surface area contributed by atoms with Crippen LogP contribution >= 0.6 is 0 Å². The molecule has 0 aliphatic carbocycles. The van der Waals surface area contributed by atoms with E-state index < -0.39 is 4.92 Å². The number of anilines is 1. The lowest BCUT2D eigenvalue weighted by Gasteiger charge is -2.09. The van der Waals surface area contributed by atoms with Crippen molar-refractivity contribution < 1.29 is 9.72 Å². The van der Waals surface area contributed by atoms with Gasteiger partial charge in [0.15, 0.2) is 5.82 Å². The molecule has 0 bridgehead atoms. The highest BCUT2D eigenvalue weighted by Gasteiger charge is 2.17. The molecule has 8 nitrogen and oxygen atoms in total. The van der Waals surface area contributed by atoms with Crippen molar-refractivity contribution in [1.29, 1.82) is 0 Å². The zero-order chi connectivity index (χ0) is 20.2. The molecule has 1 N–H and O–H groups in total. The number of fused-ring (bicyclic) bond motifs is 1. The Labute approximate surface area is 167 Å². The van der Waals surface area contributed by atoms with Crippen molar-refractivity contribution in [1.82, 2.24) is 14.8 Å². The van der Waals surface area contributed by atoms with Crippen LogP contribution in [0.4, 0.5) is 11.4 Å². The zero-order valence-electron chi connectivity index (χ0n) is 15.9. The topological polar surface area (TPSA) is 103 Å². The minimum Gasteiger partial charge on any atom is -0.326 e. The van der Waals surface area contributed by atoms with Crippen LogP contribution in [-0.4, -0.2) is 25.6 Å². The van der Waals surface area contributed by atoms with Gasteiger partial charge in [0, 0.05) is 35.8 Å². The van der Waals surface area contributed by atoms with Gasteiger partial charge in [-0.1, -0.05) is 24.6 Å². The summed E-state index contributed by atoms with van der Waals surface area (Å²) in [4.78, 5) is 23.0. The average Bonchev–Trinajstić information content (AvgIpc) is 2.97. The fraction of sp³-hybridized carbons (Fsp3) is 0.286. The van der Waals surface area contributed by atoms with Crippen molar-refractivity contribution in [2.45, 2.75) is 38.6 Å². The van der Waals surface area contributed by atoms with Gasteiger partial charge in [-0.25, -0.2) is 0 Å². The van der Waals surface area contributed by atoms with E-state index in [1.807, 2.05) is 24.3 Å². The normalized spacial score (nSPS) is 13.4. The number of carbonyl (C=O) groups excluding carboxylic acids is 1. The first kappa shape index (κ1) is 18.8. The van der Waals surface area contributed by atoms with Crippen LogP contribution in [0.2, 0.25) is 0 Å². The third kappa shape index (κ3) is 4.16. The van der Waals surface area contributed by atoms with Crippen LogP contribution in [0, 0.1) is 10.1 Å². The predicted octanol–water partition coefficient (Wildman–Crippen LogP) is 3.76. The standard InChI is InChI=1S/C21H21N5O3/c27-20(14-16-6-3-4-7-18(16)26(28)29)22-17-11-9-15(10-12-17)21-24-23-19-8-2-1-5-13-25(19)21/h3-4,6-7,9-12H,1-2,5,8,13-14H2,(H,22,27). The Bertz CT molecular complexity index is 1040. The molecule has 2 heterocycles. The third-order valence-electron chi connectivity index (χ3n) is 5.08. The number of hydrogen-bond donors (Lipinski definition) is 1. The van der Waals surface area contributed by atoms with Crippen LogP contribution in [0.1, 0.15) is 30.7 Å². The molecule has 1 aromatic heterocycles. The average molecular weight is 391 g/mol. The van der Waals surface area contributed by atoms with E-state index in [1.165, 1.54) is 12.5 Å². The Hall–Kier alpha value is -3.55. The number of nitro groups is 1. The first-order chi connectivity index (χ1) is 14.1. The van der Waals surface area contributed by atoms with Crippen LogP contribution in [0.5, 0.6) is 0 Å². The van der Waals surface area contributed by atoms with Crippen molar-refractivity contribution in [2.24, 2.45) is 0 Å². The minimum atomic E-state index is -0.473. The quantitative estimate of drug-likeness (QED) is 0.527. The Morgan fingerprint density at radius 3 is 2.66 bits per heavy atom. The number of hydrogen-bond acceptors (Lipinski definition) is 5. The van der Waals surface area contributed by atoms with Crippen molar-refractivity contribution in [2.75, 3.05) is 5.32 Å². The molecular weight excluding hydrogens is 370 g/mol. The van der Waals surface area contributed by atoms with Gasteiger partial charge in [-0.15, -0.1) is 10.2 Å². The van der Waals surface area contributed by atoms with Crippen LogP contribution in [0.15, 0.2) is 48.5 Å². The molecule has 0 spiro atoms. The molecule has 0 atom stereocenters. The number of benzene rings is 2. The van der Waals surface area contributed by atoms with E-state index in [2.05, 4.69) is 20.1 Å². The van der Waals surface area contributed by atoms with Gasteiger partial charge in [0.1, 0.15) is 5.82 Å². The van der Waals surface area contributed by atoms with Gasteiger partial charge >= 0.3 is 0 Å². The molecule has 4 rings (SSSR count). The molecule has 0 unspecified atom stereocenters. The molecule has 1 aliphatic rings. The maximum absolute atomic E-state index is 12.3. The van der Waals surface area contributed by atoms with E-state index >= 15 is 0 Å². The van der Waals surface area contributed by atoms with E-state index in [9.17, 15) is 14.9 Å². The largest absolute Gasteiger partial charge is 0.326 e. The summed E-state index contributed by atoms with van der Waals surface area (Å²) in [5, 5.41) is 22.6. The fourth-order valence-electron chi connectivity index (χ4n) is 3.62. The number of rotatable bonds is 5. The third-order valence-corrected chi connectivity index (χ3v) is 5.08. The summed E-state index contributed by atoms with van der Waals surface area (Å²) < 4.78 is 2.18. The van der Waals surface area contributed by atoms with Gasteiger partial charge < -0.3 is 9.88 Å². The van der Waals surface area contributed by atoms with E-state index in [0.29, 0.717) is 11.3 Å². The highest BCUT2D eigenvalue weighted by Crippen LogP contribution is 2.24. The van der Waals surface area contributed by atoms with Gasteiger partial charge in [0.05, 0.1) is 11.3 Å². The van der Waals surface area contributed by atoms with Crippen LogP contribution in [0.3, 0.4) is 0 Å². The van der Waals surface area contributed by atoms with E-state index in [4.69, 9.17) is 0 Å². The summed E-state index contributed by atoms with van der Waals surface area (Å²) in [5.74, 6) is 1.57. The minimum absolute atomic E-state index is 0.0505. The van der Waals surface area contributed by atoms with Gasteiger partial charge in [-0.2, -0.15) is 0 Å². The fourth-order valence-corrected chi connectivity index (χ4v) is 3.62. The molecule has 1 amide bonds. The lowest BCUT2D eigenvalue weighted by atomic mass is 10.1. The van der Waals surface area contributed by atoms with Crippen LogP contribution < -0.4 is 5.32 Å². The molecule has 8 heteroatoms. The number of aromatic nitrogens is 3. The maximum Gasteiger partial charge on any atom is 0.273 e. The second kappa shape index (κ2) is 8.22.